The average Bonchev–Trinajstić information content (AvgIpc) is 3.24. The number of anilines is 3. The van der Waals surface area contributed by atoms with Gasteiger partial charge in [-0.25, -0.2) is 4.98 Å². The van der Waals surface area contributed by atoms with Crippen molar-refractivity contribution >= 4 is 46.3 Å². The molecule has 1 aromatic carbocycles. The van der Waals surface area contributed by atoms with E-state index in [1.165, 1.54) is 0 Å². The number of hydrogen-bond acceptors (Lipinski definition) is 3. The van der Waals surface area contributed by atoms with Gasteiger partial charge in [0.15, 0.2) is 0 Å². The summed E-state index contributed by atoms with van der Waals surface area (Å²) in [7, 11) is 0. The summed E-state index contributed by atoms with van der Waals surface area (Å²) in [5, 5.41) is 7.06. The van der Waals surface area contributed by atoms with Gasteiger partial charge in [0.2, 0.25) is 5.91 Å². The Morgan fingerprint density at radius 1 is 1.10 bits per heavy atom. The molecule has 6 heteroatoms. The Morgan fingerprint density at radius 2 is 1.81 bits per heavy atom. The van der Waals surface area contributed by atoms with E-state index >= 15 is 0 Å². The zero-order valence-electron chi connectivity index (χ0n) is 11.1. The Labute approximate surface area is 132 Å². The van der Waals surface area contributed by atoms with Crippen molar-refractivity contribution in [2.45, 2.75) is 12.8 Å². The van der Waals surface area contributed by atoms with Crippen LogP contribution in [0.25, 0.3) is 0 Å². The zero-order chi connectivity index (χ0) is 14.8. The summed E-state index contributed by atoms with van der Waals surface area (Å²) in [6.45, 7) is 0. The van der Waals surface area contributed by atoms with Gasteiger partial charge in [0, 0.05) is 21.7 Å². The molecule has 0 spiro atoms. The molecule has 1 aliphatic rings. The van der Waals surface area contributed by atoms with Crippen LogP contribution < -0.4 is 10.6 Å². The number of pyridine rings is 1. The van der Waals surface area contributed by atoms with Crippen LogP contribution in [0, 0.1) is 5.92 Å². The molecular weight excluding hydrogens is 309 g/mol. The highest BCUT2D eigenvalue weighted by molar-refractivity contribution is 6.35. The molecule has 0 atom stereocenters. The quantitative estimate of drug-likeness (QED) is 0.872. The summed E-state index contributed by atoms with van der Waals surface area (Å²) in [4.78, 5) is 15.9. The summed E-state index contributed by atoms with van der Waals surface area (Å²) in [6.07, 6.45) is 3.58. The third-order valence-corrected chi connectivity index (χ3v) is 3.55. The van der Waals surface area contributed by atoms with Gasteiger partial charge in [-0.1, -0.05) is 23.2 Å². The van der Waals surface area contributed by atoms with E-state index in [4.69, 9.17) is 23.2 Å². The standard InChI is InChI=1S/C15H13Cl2N3O/c16-10-5-11(17)7-13(6-10)19-14-4-3-12(8-18-14)20-15(21)9-1-2-9/h3-9H,1-2H2,(H,18,19)(H,20,21). The van der Waals surface area contributed by atoms with Crippen LogP contribution in [0.5, 0.6) is 0 Å². The van der Waals surface area contributed by atoms with E-state index in [1.807, 2.05) is 6.07 Å². The number of carbonyl (C=O) groups excluding carboxylic acids is 1. The number of hydrogen-bond donors (Lipinski definition) is 2. The monoisotopic (exact) mass is 321 g/mol. The second-order valence-electron chi connectivity index (χ2n) is 4.98. The van der Waals surface area contributed by atoms with E-state index in [9.17, 15) is 4.79 Å². The minimum Gasteiger partial charge on any atom is -0.340 e. The maximum Gasteiger partial charge on any atom is 0.227 e. The lowest BCUT2D eigenvalue weighted by molar-refractivity contribution is -0.117. The first kappa shape index (κ1) is 14.2. The smallest absolute Gasteiger partial charge is 0.227 e. The largest absolute Gasteiger partial charge is 0.340 e. The minimum absolute atomic E-state index is 0.0686. The Hall–Kier alpha value is -1.78. The number of nitrogens with one attached hydrogen (secondary N) is 2. The van der Waals surface area contributed by atoms with Gasteiger partial charge in [-0.2, -0.15) is 0 Å². The lowest BCUT2D eigenvalue weighted by atomic mass is 10.3. The molecule has 2 aromatic rings. The minimum atomic E-state index is 0.0686. The lowest BCUT2D eigenvalue weighted by Crippen LogP contribution is -2.13. The molecule has 0 radical (unpaired) electrons. The number of benzene rings is 1. The Bertz CT molecular complexity index is 649. The van der Waals surface area contributed by atoms with E-state index in [2.05, 4.69) is 15.6 Å². The normalized spacial score (nSPS) is 13.8. The second kappa shape index (κ2) is 5.92. The number of aromatic nitrogens is 1. The average molecular weight is 322 g/mol. The predicted molar refractivity (Wildman–Crippen MR) is 85.3 cm³/mol. The molecule has 0 aliphatic heterocycles. The van der Waals surface area contributed by atoms with E-state index in [-0.39, 0.29) is 11.8 Å². The molecule has 1 aromatic heterocycles. The zero-order valence-corrected chi connectivity index (χ0v) is 12.6. The molecule has 4 nitrogen and oxygen atoms in total. The van der Waals surface area contributed by atoms with E-state index in [0.29, 0.717) is 21.6 Å². The van der Waals surface area contributed by atoms with E-state index in [1.54, 1.807) is 30.5 Å². The molecule has 0 saturated heterocycles. The first-order valence-corrected chi connectivity index (χ1v) is 7.36. The maximum absolute atomic E-state index is 11.6. The van der Waals surface area contributed by atoms with Crippen LogP contribution in [-0.2, 0) is 4.79 Å². The second-order valence-corrected chi connectivity index (χ2v) is 5.85. The summed E-state index contributed by atoms with van der Waals surface area (Å²) in [5.74, 6) is 0.897. The summed E-state index contributed by atoms with van der Waals surface area (Å²) in [5.41, 5.74) is 1.45. The highest BCUT2D eigenvalue weighted by Gasteiger charge is 2.29. The van der Waals surface area contributed by atoms with Crippen LogP contribution >= 0.6 is 23.2 Å². The molecule has 1 amide bonds. The highest BCUT2D eigenvalue weighted by atomic mass is 35.5. The number of carbonyl (C=O) groups is 1. The van der Waals surface area contributed by atoms with Gasteiger partial charge in [-0.3, -0.25) is 4.79 Å². The summed E-state index contributed by atoms with van der Waals surface area (Å²) >= 11 is 11.9. The van der Waals surface area contributed by atoms with E-state index < -0.39 is 0 Å². The first-order valence-electron chi connectivity index (χ1n) is 6.60. The maximum atomic E-state index is 11.6. The molecule has 2 N–H and O–H groups in total. The van der Waals surface area contributed by atoms with Crippen molar-refractivity contribution in [2.75, 3.05) is 10.6 Å². The van der Waals surface area contributed by atoms with Gasteiger partial charge >= 0.3 is 0 Å². The molecule has 1 saturated carbocycles. The fraction of sp³-hybridized carbons (Fsp3) is 0.200. The fourth-order valence-corrected chi connectivity index (χ4v) is 2.43. The third kappa shape index (κ3) is 3.86. The van der Waals surface area contributed by atoms with Gasteiger partial charge < -0.3 is 10.6 Å². The number of amides is 1. The molecule has 21 heavy (non-hydrogen) atoms. The van der Waals surface area contributed by atoms with Crippen molar-refractivity contribution < 1.29 is 4.79 Å². The Balaban J connectivity index is 1.67. The third-order valence-electron chi connectivity index (χ3n) is 3.11. The van der Waals surface area contributed by atoms with Crippen molar-refractivity contribution in [1.29, 1.82) is 0 Å². The van der Waals surface area contributed by atoms with Crippen molar-refractivity contribution in [3.05, 3.63) is 46.6 Å². The van der Waals surface area contributed by atoms with Gasteiger partial charge in [-0.05, 0) is 43.2 Å². The highest BCUT2D eigenvalue weighted by Crippen LogP contribution is 2.30. The van der Waals surface area contributed by atoms with Gasteiger partial charge in [-0.15, -0.1) is 0 Å². The van der Waals surface area contributed by atoms with E-state index in [0.717, 1.165) is 18.5 Å². The molecule has 3 rings (SSSR count). The van der Waals surface area contributed by atoms with Crippen LogP contribution in [0.1, 0.15) is 12.8 Å². The van der Waals surface area contributed by atoms with Crippen molar-refractivity contribution in [1.82, 2.24) is 4.98 Å². The van der Waals surface area contributed by atoms with Gasteiger partial charge in [0.1, 0.15) is 5.82 Å². The molecule has 1 fully saturated rings. The fourth-order valence-electron chi connectivity index (χ4n) is 1.91. The number of nitrogens with zero attached hydrogens (tertiary/aromatic N) is 1. The summed E-state index contributed by atoms with van der Waals surface area (Å²) in [6, 6.07) is 8.78. The van der Waals surface area contributed by atoms with Crippen LogP contribution in [0.15, 0.2) is 36.5 Å². The van der Waals surface area contributed by atoms with Gasteiger partial charge in [0.25, 0.3) is 0 Å². The van der Waals surface area contributed by atoms with Crippen LogP contribution in [0.4, 0.5) is 17.2 Å². The predicted octanol–water partition coefficient (Wildman–Crippen LogP) is 4.48. The number of halogens is 2. The lowest BCUT2D eigenvalue weighted by Gasteiger charge is -2.08. The SMILES string of the molecule is O=C(Nc1ccc(Nc2cc(Cl)cc(Cl)c2)nc1)C1CC1. The van der Waals surface area contributed by atoms with Crippen molar-refractivity contribution in [3.63, 3.8) is 0 Å². The van der Waals surface area contributed by atoms with Crippen LogP contribution in [-0.4, -0.2) is 10.9 Å². The molecule has 0 bridgehead atoms. The molecule has 1 heterocycles. The molecule has 0 unspecified atom stereocenters. The molecular formula is C15H13Cl2N3O. The first-order chi connectivity index (χ1) is 10.1. The Morgan fingerprint density at radius 3 is 2.38 bits per heavy atom. The van der Waals surface area contributed by atoms with Crippen LogP contribution in [0.2, 0.25) is 10.0 Å². The molecule has 1 aliphatic carbocycles. The van der Waals surface area contributed by atoms with Crippen molar-refractivity contribution in [3.8, 4) is 0 Å². The Kier molecular flexibility index (Phi) is 3.99. The molecule has 108 valence electrons. The summed E-state index contributed by atoms with van der Waals surface area (Å²) < 4.78 is 0. The topological polar surface area (TPSA) is 54.0 Å². The van der Waals surface area contributed by atoms with Crippen molar-refractivity contribution in [2.24, 2.45) is 5.92 Å². The number of rotatable bonds is 4. The van der Waals surface area contributed by atoms with Crippen LogP contribution in [0.3, 0.4) is 0 Å². The van der Waals surface area contributed by atoms with Gasteiger partial charge in [0.05, 0.1) is 11.9 Å².